The molecule has 0 N–H and O–H groups in total. The second-order valence-electron chi connectivity index (χ2n) is 2.75. The molecule has 0 fully saturated rings. The Labute approximate surface area is 111 Å². The van der Waals surface area contributed by atoms with Crippen molar-refractivity contribution in [2.45, 2.75) is 6.36 Å². The summed E-state index contributed by atoms with van der Waals surface area (Å²) < 4.78 is 40.6. The standard InChI is InChI=1S/C9H5BrF3IO2/c10-4-7(15)6-3-5(14)1-2-8(6)16-9(11,12)13/h1-3H,4H2. The van der Waals surface area contributed by atoms with Gasteiger partial charge in [-0.05, 0) is 40.8 Å². The lowest BCUT2D eigenvalue weighted by Crippen LogP contribution is -2.19. The second kappa shape index (κ2) is 5.35. The molecule has 0 heterocycles. The second-order valence-corrected chi connectivity index (χ2v) is 4.55. The van der Waals surface area contributed by atoms with Crippen LogP contribution in [0.1, 0.15) is 10.4 Å². The predicted molar refractivity (Wildman–Crippen MR) is 64.0 cm³/mol. The first-order chi connectivity index (χ1) is 7.33. The SMILES string of the molecule is O=C(CBr)c1cc(I)ccc1OC(F)(F)F. The number of hydrogen-bond acceptors (Lipinski definition) is 2. The van der Waals surface area contributed by atoms with Crippen LogP contribution in [0, 0.1) is 3.57 Å². The van der Waals surface area contributed by atoms with Gasteiger partial charge in [-0.3, -0.25) is 4.79 Å². The Balaban J connectivity index is 3.13. The normalized spacial score (nSPS) is 11.3. The first kappa shape index (κ1) is 13.8. The van der Waals surface area contributed by atoms with Crippen LogP contribution in [0.4, 0.5) is 13.2 Å². The molecule has 2 nitrogen and oxygen atoms in total. The van der Waals surface area contributed by atoms with Crippen molar-refractivity contribution in [2.24, 2.45) is 0 Å². The fourth-order valence-electron chi connectivity index (χ4n) is 1.01. The average molecular weight is 409 g/mol. The number of carbonyl (C=O) groups excluding carboxylic acids is 1. The van der Waals surface area contributed by atoms with Crippen molar-refractivity contribution in [1.82, 2.24) is 0 Å². The van der Waals surface area contributed by atoms with Gasteiger partial charge < -0.3 is 4.74 Å². The maximum absolute atomic E-state index is 12.0. The van der Waals surface area contributed by atoms with E-state index < -0.39 is 17.9 Å². The highest BCUT2D eigenvalue weighted by Crippen LogP contribution is 2.28. The number of carbonyl (C=O) groups is 1. The molecule has 1 aromatic rings. The van der Waals surface area contributed by atoms with Crippen LogP contribution in [0.3, 0.4) is 0 Å². The van der Waals surface area contributed by atoms with Crippen LogP contribution < -0.4 is 4.74 Å². The highest BCUT2D eigenvalue weighted by Gasteiger charge is 2.32. The molecule has 88 valence electrons. The quantitative estimate of drug-likeness (QED) is 0.432. The molecule has 0 aliphatic heterocycles. The lowest BCUT2D eigenvalue weighted by Gasteiger charge is -2.12. The van der Waals surface area contributed by atoms with Crippen LogP contribution in [0.2, 0.25) is 0 Å². The van der Waals surface area contributed by atoms with Crippen LogP contribution in [0.5, 0.6) is 5.75 Å². The van der Waals surface area contributed by atoms with Gasteiger partial charge in [-0.1, -0.05) is 15.9 Å². The summed E-state index contributed by atoms with van der Waals surface area (Å²) in [6.45, 7) is 0. The molecule has 0 aliphatic carbocycles. The third-order valence-corrected chi connectivity index (χ3v) is 2.77. The molecule has 0 bridgehead atoms. The Bertz CT molecular complexity index is 406. The van der Waals surface area contributed by atoms with Gasteiger partial charge in [0.1, 0.15) is 5.75 Å². The van der Waals surface area contributed by atoms with Crippen LogP contribution in [-0.2, 0) is 0 Å². The number of Topliss-reactive ketones (excluding diaryl/α,β-unsaturated/α-hetero) is 1. The van der Waals surface area contributed by atoms with Gasteiger partial charge >= 0.3 is 6.36 Å². The molecule has 0 aliphatic rings. The van der Waals surface area contributed by atoms with Gasteiger partial charge in [-0.25, -0.2) is 0 Å². The Morgan fingerprint density at radius 1 is 1.44 bits per heavy atom. The lowest BCUT2D eigenvalue weighted by molar-refractivity contribution is -0.274. The van der Waals surface area contributed by atoms with Gasteiger partial charge in [0.05, 0.1) is 10.9 Å². The van der Waals surface area contributed by atoms with E-state index in [9.17, 15) is 18.0 Å². The molecule has 0 unspecified atom stereocenters. The van der Waals surface area contributed by atoms with Crippen molar-refractivity contribution in [2.75, 3.05) is 5.33 Å². The number of ketones is 1. The Kier molecular flexibility index (Phi) is 4.60. The van der Waals surface area contributed by atoms with E-state index in [1.54, 1.807) is 0 Å². The number of rotatable bonds is 3. The molecule has 0 amide bonds. The fourth-order valence-corrected chi connectivity index (χ4v) is 1.80. The summed E-state index contributed by atoms with van der Waals surface area (Å²) in [6.07, 6.45) is -4.80. The summed E-state index contributed by atoms with van der Waals surface area (Å²) >= 11 is 4.81. The minimum absolute atomic E-state index is 0.0543. The molecule has 0 aromatic heterocycles. The summed E-state index contributed by atoms with van der Waals surface area (Å²) in [4.78, 5) is 11.4. The lowest BCUT2D eigenvalue weighted by atomic mass is 10.1. The molecule has 1 aromatic carbocycles. The maximum Gasteiger partial charge on any atom is 0.573 e. The largest absolute Gasteiger partial charge is 0.573 e. The fraction of sp³-hybridized carbons (Fsp3) is 0.222. The molecule has 0 atom stereocenters. The smallest absolute Gasteiger partial charge is 0.405 e. The Hall–Kier alpha value is -0.310. The summed E-state index contributed by atoms with van der Waals surface area (Å²) in [5.41, 5.74) is -0.0823. The van der Waals surface area contributed by atoms with Crippen LogP contribution >= 0.6 is 38.5 Å². The van der Waals surface area contributed by atoms with E-state index in [4.69, 9.17) is 0 Å². The average Bonchev–Trinajstić information content (AvgIpc) is 2.17. The van der Waals surface area contributed by atoms with E-state index in [0.29, 0.717) is 3.57 Å². The van der Waals surface area contributed by atoms with E-state index in [1.165, 1.54) is 12.1 Å². The van der Waals surface area contributed by atoms with E-state index in [0.717, 1.165) is 6.07 Å². The van der Waals surface area contributed by atoms with Gasteiger partial charge in [0.25, 0.3) is 0 Å². The monoisotopic (exact) mass is 408 g/mol. The molecule has 7 heteroatoms. The minimum Gasteiger partial charge on any atom is -0.405 e. The zero-order valence-electron chi connectivity index (χ0n) is 7.65. The molecular weight excluding hydrogens is 404 g/mol. The number of alkyl halides is 4. The van der Waals surface area contributed by atoms with E-state index in [-0.39, 0.29) is 10.9 Å². The number of hydrogen-bond donors (Lipinski definition) is 0. The number of halogens is 5. The van der Waals surface area contributed by atoms with Crippen molar-refractivity contribution in [3.63, 3.8) is 0 Å². The maximum atomic E-state index is 12.0. The Morgan fingerprint density at radius 3 is 2.56 bits per heavy atom. The van der Waals surface area contributed by atoms with Crippen LogP contribution in [-0.4, -0.2) is 17.5 Å². The minimum atomic E-state index is -4.80. The van der Waals surface area contributed by atoms with Crippen LogP contribution in [0.15, 0.2) is 18.2 Å². The summed E-state index contributed by atoms with van der Waals surface area (Å²) in [6, 6.07) is 3.92. The van der Waals surface area contributed by atoms with Crippen molar-refractivity contribution < 1.29 is 22.7 Å². The summed E-state index contributed by atoms with van der Waals surface area (Å²) in [5, 5.41) is -0.0543. The van der Waals surface area contributed by atoms with Crippen molar-refractivity contribution in [1.29, 1.82) is 0 Å². The van der Waals surface area contributed by atoms with E-state index in [1.807, 2.05) is 22.6 Å². The summed E-state index contributed by atoms with van der Waals surface area (Å²) in [7, 11) is 0. The van der Waals surface area contributed by atoms with E-state index in [2.05, 4.69) is 20.7 Å². The van der Waals surface area contributed by atoms with Crippen LogP contribution in [0.25, 0.3) is 0 Å². The van der Waals surface area contributed by atoms with Crippen molar-refractivity contribution in [3.05, 3.63) is 27.3 Å². The molecule has 16 heavy (non-hydrogen) atoms. The summed E-state index contributed by atoms with van der Waals surface area (Å²) in [5.74, 6) is -0.935. The molecule has 1 rings (SSSR count). The zero-order chi connectivity index (χ0) is 12.3. The van der Waals surface area contributed by atoms with Gasteiger partial charge in [-0.2, -0.15) is 0 Å². The molecular formula is C9H5BrF3IO2. The highest BCUT2D eigenvalue weighted by molar-refractivity contribution is 14.1. The Morgan fingerprint density at radius 2 is 2.06 bits per heavy atom. The molecule has 0 saturated carbocycles. The molecule has 0 radical (unpaired) electrons. The topological polar surface area (TPSA) is 26.3 Å². The highest BCUT2D eigenvalue weighted by atomic mass is 127. The molecule has 0 saturated heterocycles. The van der Waals surface area contributed by atoms with Crippen molar-refractivity contribution in [3.8, 4) is 5.75 Å². The third kappa shape index (κ3) is 3.93. The first-order valence-electron chi connectivity index (χ1n) is 3.98. The third-order valence-electron chi connectivity index (χ3n) is 1.59. The zero-order valence-corrected chi connectivity index (χ0v) is 11.4. The van der Waals surface area contributed by atoms with Crippen molar-refractivity contribution >= 4 is 44.3 Å². The van der Waals surface area contributed by atoms with Gasteiger partial charge in [0, 0.05) is 3.57 Å². The van der Waals surface area contributed by atoms with Gasteiger partial charge in [-0.15, -0.1) is 13.2 Å². The van der Waals surface area contributed by atoms with Gasteiger partial charge in [0.2, 0.25) is 0 Å². The first-order valence-corrected chi connectivity index (χ1v) is 6.18. The number of ether oxygens (including phenoxy) is 1. The number of benzene rings is 1. The van der Waals surface area contributed by atoms with Gasteiger partial charge in [0.15, 0.2) is 5.78 Å². The molecule has 0 spiro atoms. The van der Waals surface area contributed by atoms with E-state index >= 15 is 0 Å². The predicted octanol–water partition coefficient (Wildman–Crippen LogP) is 3.77.